The number of pyridine rings is 1. The van der Waals surface area contributed by atoms with Crippen molar-refractivity contribution in [1.29, 1.82) is 0 Å². The van der Waals surface area contributed by atoms with E-state index in [0.717, 1.165) is 17.8 Å². The molecule has 0 saturated heterocycles. The molecule has 0 unspecified atom stereocenters. The zero-order chi connectivity index (χ0) is 9.26. The van der Waals surface area contributed by atoms with Crippen LogP contribution in [-0.4, -0.2) is 24.0 Å². The van der Waals surface area contributed by atoms with Gasteiger partial charge in [-0.1, -0.05) is 6.07 Å². The number of fused-ring (bicyclic) bond motifs is 1. The van der Waals surface area contributed by atoms with Gasteiger partial charge >= 0.3 is 0 Å². The lowest BCUT2D eigenvalue weighted by molar-refractivity contribution is -0.117. The van der Waals surface area contributed by atoms with Crippen molar-refractivity contribution < 1.29 is 4.79 Å². The van der Waals surface area contributed by atoms with Gasteiger partial charge in [-0.2, -0.15) is 0 Å². The summed E-state index contributed by atoms with van der Waals surface area (Å²) in [6, 6.07) is 3.88. The zero-order valence-electron chi connectivity index (χ0n) is 7.23. The van der Waals surface area contributed by atoms with Crippen LogP contribution in [0.4, 0.5) is 5.82 Å². The van der Waals surface area contributed by atoms with Crippen LogP contribution in [0.15, 0.2) is 18.3 Å². The number of aromatic nitrogens is 1. The van der Waals surface area contributed by atoms with Crippen LogP contribution in [0.3, 0.4) is 0 Å². The first kappa shape index (κ1) is 8.19. The van der Waals surface area contributed by atoms with Crippen LogP contribution in [0.25, 0.3) is 0 Å². The minimum Gasteiger partial charge on any atom is -0.322 e. The van der Waals surface area contributed by atoms with Crippen LogP contribution in [0.5, 0.6) is 0 Å². The van der Waals surface area contributed by atoms with Gasteiger partial charge in [0.1, 0.15) is 5.82 Å². The fourth-order valence-corrected chi connectivity index (χ4v) is 1.56. The first-order valence-electron chi connectivity index (χ1n) is 4.27. The summed E-state index contributed by atoms with van der Waals surface area (Å²) in [7, 11) is 0. The van der Waals surface area contributed by atoms with E-state index < -0.39 is 0 Å². The van der Waals surface area contributed by atoms with Gasteiger partial charge in [-0.05, 0) is 18.1 Å². The minimum absolute atomic E-state index is 0.0516. The monoisotopic (exact) mass is 177 g/mol. The molecule has 1 aliphatic heterocycles. The fourth-order valence-electron chi connectivity index (χ4n) is 1.56. The quantitative estimate of drug-likeness (QED) is 0.653. The molecule has 0 aliphatic carbocycles. The molecule has 0 atom stereocenters. The van der Waals surface area contributed by atoms with Gasteiger partial charge < -0.3 is 5.73 Å². The van der Waals surface area contributed by atoms with Gasteiger partial charge in [0, 0.05) is 12.7 Å². The van der Waals surface area contributed by atoms with Crippen molar-refractivity contribution in [3.05, 3.63) is 23.9 Å². The smallest absolute Gasteiger partial charge is 0.241 e. The number of carbonyl (C=O) groups is 1. The van der Waals surface area contributed by atoms with Gasteiger partial charge in [-0.15, -0.1) is 0 Å². The summed E-state index contributed by atoms with van der Waals surface area (Å²) in [6.45, 7) is 0.762. The molecule has 2 rings (SSSR count). The predicted octanol–water partition coefficient (Wildman–Crippen LogP) is -0.0706. The molecule has 0 fully saturated rings. The maximum Gasteiger partial charge on any atom is 0.241 e. The second-order valence-electron chi connectivity index (χ2n) is 2.99. The van der Waals surface area contributed by atoms with Crippen LogP contribution in [0, 0.1) is 0 Å². The molecule has 13 heavy (non-hydrogen) atoms. The summed E-state index contributed by atoms with van der Waals surface area (Å²) in [5.74, 6) is 0.718. The first-order valence-corrected chi connectivity index (χ1v) is 4.27. The van der Waals surface area contributed by atoms with Crippen molar-refractivity contribution >= 4 is 11.7 Å². The normalized spacial score (nSPS) is 14.4. The zero-order valence-corrected chi connectivity index (χ0v) is 7.23. The highest BCUT2D eigenvalue weighted by Crippen LogP contribution is 2.24. The Hall–Kier alpha value is -1.42. The molecule has 1 aromatic rings. The summed E-state index contributed by atoms with van der Waals surface area (Å²) in [6.07, 6.45) is 2.58. The van der Waals surface area contributed by atoms with E-state index in [1.54, 1.807) is 11.1 Å². The lowest BCUT2D eigenvalue weighted by Gasteiger charge is -2.14. The number of rotatable bonds is 1. The molecular formula is C9H11N3O. The van der Waals surface area contributed by atoms with E-state index in [1.165, 1.54) is 0 Å². The van der Waals surface area contributed by atoms with Crippen LogP contribution in [0.1, 0.15) is 5.56 Å². The van der Waals surface area contributed by atoms with E-state index in [1.807, 2.05) is 12.1 Å². The standard InChI is InChI=1S/C9H11N3O/c10-6-8(13)12-5-3-7-2-1-4-11-9(7)12/h1-2,4H,3,5-6,10H2. The second-order valence-corrected chi connectivity index (χ2v) is 2.99. The number of hydrogen-bond donors (Lipinski definition) is 1. The van der Waals surface area contributed by atoms with Crippen LogP contribution >= 0.6 is 0 Å². The lowest BCUT2D eigenvalue weighted by Crippen LogP contribution is -2.34. The number of nitrogens with zero attached hydrogens (tertiary/aromatic N) is 2. The lowest BCUT2D eigenvalue weighted by atomic mass is 10.2. The average Bonchev–Trinajstić information content (AvgIpc) is 2.60. The molecule has 1 aliphatic rings. The average molecular weight is 177 g/mol. The molecule has 0 saturated carbocycles. The van der Waals surface area contributed by atoms with Gasteiger partial charge in [-0.3, -0.25) is 9.69 Å². The Kier molecular flexibility index (Phi) is 1.98. The third-order valence-electron chi connectivity index (χ3n) is 2.20. The van der Waals surface area contributed by atoms with E-state index in [4.69, 9.17) is 5.73 Å². The van der Waals surface area contributed by atoms with Crippen molar-refractivity contribution in [2.75, 3.05) is 18.0 Å². The topological polar surface area (TPSA) is 59.2 Å². The molecule has 68 valence electrons. The third kappa shape index (κ3) is 1.29. The van der Waals surface area contributed by atoms with E-state index in [-0.39, 0.29) is 12.5 Å². The summed E-state index contributed by atoms with van der Waals surface area (Å²) in [5.41, 5.74) is 6.42. The number of hydrogen-bond acceptors (Lipinski definition) is 3. The van der Waals surface area contributed by atoms with Gasteiger partial charge in [0.2, 0.25) is 5.91 Å². The van der Waals surface area contributed by atoms with E-state index in [9.17, 15) is 4.79 Å². The summed E-state index contributed by atoms with van der Waals surface area (Å²) >= 11 is 0. The number of anilines is 1. The molecule has 2 N–H and O–H groups in total. The first-order chi connectivity index (χ1) is 6.33. The van der Waals surface area contributed by atoms with Gasteiger partial charge in [-0.25, -0.2) is 4.98 Å². The number of nitrogens with two attached hydrogens (primary N) is 1. The number of carbonyl (C=O) groups excluding carboxylic acids is 1. The van der Waals surface area contributed by atoms with Crippen LogP contribution in [0.2, 0.25) is 0 Å². The highest BCUT2D eigenvalue weighted by Gasteiger charge is 2.24. The number of amides is 1. The van der Waals surface area contributed by atoms with Crippen LogP contribution in [-0.2, 0) is 11.2 Å². The molecule has 2 heterocycles. The summed E-state index contributed by atoms with van der Waals surface area (Å²) in [4.78, 5) is 17.1. The Morgan fingerprint density at radius 1 is 1.69 bits per heavy atom. The Balaban J connectivity index is 2.33. The van der Waals surface area contributed by atoms with Crippen molar-refractivity contribution in [2.24, 2.45) is 5.73 Å². The van der Waals surface area contributed by atoms with E-state index >= 15 is 0 Å². The van der Waals surface area contributed by atoms with Crippen molar-refractivity contribution in [1.82, 2.24) is 4.98 Å². The summed E-state index contributed by atoms with van der Waals surface area (Å²) in [5, 5.41) is 0. The Labute approximate surface area is 76.4 Å². The molecule has 4 heteroatoms. The van der Waals surface area contributed by atoms with Crippen LogP contribution < -0.4 is 10.6 Å². The molecule has 0 bridgehead atoms. The van der Waals surface area contributed by atoms with Gasteiger partial charge in [0.05, 0.1) is 6.54 Å². The van der Waals surface area contributed by atoms with E-state index in [0.29, 0.717) is 6.54 Å². The largest absolute Gasteiger partial charge is 0.322 e. The molecule has 0 spiro atoms. The van der Waals surface area contributed by atoms with Crippen molar-refractivity contribution in [3.8, 4) is 0 Å². The highest BCUT2D eigenvalue weighted by atomic mass is 16.2. The summed E-state index contributed by atoms with van der Waals surface area (Å²) < 4.78 is 0. The maximum absolute atomic E-state index is 11.3. The Bertz CT molecular complexity index is 337. The molecular weight excluding hydrogens is 166 g/mol. The minimum atomic E-state index is -0.0579. The van der Waals surface area contributed by atoms with Gasteiger partial charge in [0.25, 0.3) is 0 Å². The predicted molar refractivity (Wildman–Crippen MR) is 49.3 cm³/mol. The Morgan fingerprint density at radius 2 is 2.54 bits per heavy atom. The van der Waals surface area contributed by atoms with E-state index in [2.05, 4.69) is 4.98 Å². The third-order valence-corrected chi connectivity index (χ3v) is 2.20. The Morgan fingerprint density at radius 3 is 3.31 bits per heavy atom. The van der Waals surface area contributed by atoms with Crippen molar-refractivity contribution in [3.63, 3.8) is 0 Å². The molecule has 0 radical (unpaired) electrons. The second kappa shape index (κ2) is 3.14. The maximum atomic E-state index is 11.3. The fraction of sp³-hybridized carbons (Fsp3) is 0.333. The van der Waals surface area contributed by atoms with Crippen molar-refractivity contribution in [2.45, 2.75) is 6.42 Å². The van der Waals surface area contributed by atoms with Gasteiger partial charge in [0.15, 0.2) is 0 Å². The SMILES string of the molecule is NCC(=O)N1CCc2cccnc21. The highest BCUT2D eigenvalue weighted by molar-refractivity contribution is 5.95. The molecule has 1 amide bonds. The molecule has 0 aromatic carbocycles. The molecule has 1 aromatic heterocycles. The molecule has 4 nitrogen and oxygen atoms in total.